The maximum atomic E-state index is 12.2. The van der Waals surface area contributed by atoms with E-state index in [0.717, 1.165) is 22.8 Å². The van der Waals surface area contributed by atoms with Gasteiger partial charge in [-0.3, -0.25) is 0 Å². The van der Waals surface area contributed by atoms with Gasteiger partial charge in [0.1, 0.15) is 0 Å². The molecule has 1 atom stereocenters. The van der Waals surface area contributed by atoms with E-state index in [1.165, 1.54) is 5.56 Å². The largest absolute Gasteiger partial charge is 0.427 e. The molecule has 0 amide bonds. The molecule has 0 saturated heterocycles. The third-order valence-electron chi connectivity index (χ3n) is 5.87. The Bertz CT molecular complexity index is 784. The molecule has 2 aromatic rings. The van der Waals surface area contributed by atoms with Gasteiger partial charge in [-0.25, -0.2) is 0 Å². The zero-order valence-electron chi connectivity index (χ0n) is 18.6. The lowest BCUT2D eigenvalue weighted by Gasteiger charge is -2.49. The molecule has 0 aromatic heterocycles. The SMILES string of the molecule is C/C(=C(\c1ccccc1)C(N)Cc1ccccc1)[Si](O)(C(C)(C)C)C(C)(C)C. The summed E-state index contributed by atoms with van der Waals surface area (Å²) in [5, 5.41) is 0.686. The molecule has 0 heterocycles. The highest BCUT2D eigenvalue weighted by Crippen LogP contribution is 2.54. The molecule has 2 rings (SSSR count). The molecule has 3 N–H and O–H groups in total. The van der Waals surface area contributed by atoms with Crippen molar-refractivity contribution in [2.24, 2.45) is 5.73 Å². The molecule has 0 radical (unpaired) electrons. The van der Waals surface area contributed by atoms with Gasteiger partial charge in [0, 0.05) is 6.04 Å². The first-order valence-corrected chi connectivity index (χ1v) is 12.1. The van der Waals surface area contributed by atoms with Crippen LogP contribution in [0, 0.1) is 0 Å². The number of allylic oxidation sites excluding steroid dienone is 1. The summed E-state index contributed by atoms with van der Waals surface area (Å²) >= 11 is 0. The molecule has 152 valence electrons. The molecule has 3 heteroatoms. The maximum Gasteiger partial charge on any atom is 0.226 e. The summed E-state index contributed by atoms with van der Waals surface area (Å²) in [6.45, 7) is 15.1. The van der Waals surface area contributed by atoms with Crippen LogP contribution in [0.25, 0.3) is 5.57 Å². The minimum Gasteiger partial charge on any atom is -0.427 e. The Kier molecular flexibility index (Phi) is 6.75. The van der Waals surface area contributed by atoms with Crippen LogP contribution in [0.3, 0.4) is 0 Å². The maximum absolute atomic E-state index is 12.2. The lowest BCUT2D eigenvalue weighted by Crippen LogP contribution is -2.54. The summed E-state index contributed by atoms with van der Waals surface area (Å²) in [7, 11) is -2.88. The Morgan fingerprint density at radius 3 is 1.71 bits per heavy atom. The standard InChI is InChI=1S/C25H37NOSi/c1-19(28(27,24(2,3)4)25(5,6)7)23(21-16-12-9-13-17-21)22(26)18-20-14-10-8-11-15-20/h8-17,22,27H,18,26H2,1-7H3/b23-19-. The van der Waals surface area contributed by atoms with E-state index in [9.17, 15) is 4.80 Å². The summed E-state index contributed by atoms with van der Waals surface area (Å²) in [6, 6.07) is 20.5. The monoisotopic (exact) mass is 395 g/mol. The molecule has 0 aliphatic heterocycles. The summed E-state index contributed by atoms with van der Waals surface area (Å²) in [6.07, 6.45) is 0.751. The normalized spacial score (nSPS) is 15.2. The molecular formula is C25H37NOSi. The smallest absolute Gasteiger partial charge is 0.226 e. The van der Waals surface area contributed by atoms with Crippen molar-refractivity contribution in [2.75, 3.05) is 0 Å². The van der Waals surface area contributed by atoms with Gasteiger partial charge in [0.15, 0.2) is 0 Å². The topological polar surface area (TPSA) is 46.2 Å². The number of rotatable bonds is 5. The Balaban J connectivity index is 2.69. The Hall–Kier alpha value is -1.68. The van der Waals surface area contributed by atoms with Crippen LogP contribution in [-0.2, 0) is 6.42 Å². The van der Waals surface area contributed by atoms with Crippen molar-refractivity contribution in [1.29, 1.82) is 0 Å². The zero-order chi connectivity index (χ0) is 21.2. The lowest BCUT2D eigenvalue weighted by molar-refractivity contribution is 0.424. The molecule has 0 bridgehead atoms. The fourth-order valence-electron chi connectivity index (χ4n) is 4.74. The van der Waals surface area contributed by atoms with E-state index < -0.39 is 8.32 Å². The van der Waals surface area contributed by atoms with Gasteiger partial charge in [-0.1, -0.05) is 107 Å². The van der Waals surface area contributed by atoms with Gasteiger partial charge < -0.3 is 10.5 Å². The quantitative estimate of drug-likeness (QED) is 0.600. The van der Waals surface area contributed by atoms with Gasteiger partial charge in [-0.05, 0) is 40.1 Å². The second kappa shape index (κ2) is 8.36. The van der Waals surface area contributed by atoms with Crippen molar-refractivity contribution < 1.29 is 4.80 Å². The highest BCUT2D eigenvalue weighted by Gasteiger charge is 2.54. The van der Waals surface area contributed by atoms with Crippen LogP contribution in [0.5, 0.6) is 0 Å². The van der Waals surface area contributed by atoms with Crippen LogP contribution in [0.4, 0.5) is 0 Å². The Morgan fingerprint density at radius 2 is 1.29 bits per heavy atom. The van der Waals surface area contributed by atoms with Crippen LogP contribution in [0.15, 0.2) is 65.9 Å². The third-order valence-corrected chi connectivity index (χ3v) is 11.6. The summed E-state index contributed by atoms with van der Waals surface area (Å²) in [4.78, 5) is 12.2. The van der Waals surface area contributed by atoms with Gasteiger partial charge in [0.05, 0.1) is 0 Å². The number of benzene rings is 2. The molecule has 2 aromatic carbocycles. The van der Waals surface area contributed by atoms with Gasteiger partial charge >= 0.3 is 0 Å². The fraction of sp³-hybridized carbons (Fsp3) is 0.440. The van der Waals surface area contributed by atoms with Crippen LogP contribution >= 0.6 is 0 Å². The highest BCUT2D eigenvalue weighted by atomic mass is 28.4. The Labute approximate surface area is 172 Å². The number of nitrogens with two attached hydrogens (primary N) is 1. The molecule has 28 heavy (non-hydrogen) atoms. The molecule has 2 nitrogen and oxygen atoms in total. The molecular weight excluding hydrogens is 358 g/mol. The van der Waals surface area contributed by atoms with Crippen molar-refractivity contribution in [3.8, 4) is 0 Å². The fourth-order valence-corrected chi connectivity index (χ4v) is 9.96. The molecule has 0 saturated carbocycles. The van der Waals surface area contributed by atoms with Crippen LogP contribution in [-0.4, -0.2) is 19.2 Å². The van der Waals surface area contributed by atoms with E-state index >= 15 is 0 Å². The van der Waals surface area contributed by atoms with Crippen LogP contribution in [0.2, 0.25) is 10.1 Å². The van der Waals surface area contributed by atoms with Crippen molar-refractivity contribution >= 4 is 13.9 Å². The molecule has 0 aliphatic carbocycles. The van der Waals surface area contributed by atoms with Crippen molar-refractivity contribution in [3.63, 3.8) is 0 Å². The minimum atomic E-state index is -2.88. The molecule has 0 spiro atoms. The van der Waals surface area contributed by atoms with Gasteiger partial charge in [0.2, 0.25) is 8.32 Å². The predicted octanol–water partition coefficient (Wildman–Crippen LogP) is 6.11. The molecule has 0 fully saturated rings. The average molecular weight is 396 g/mol. The van der Waals surface area contributed by atoms with Gasteiger partial charge in [-0.2, -0.15) is 0 Å². The van der Waals surface area contributed by atoms with E-state index in [4.69, 9.17) is 5.73 Å². The lowest BCUT2D eigenvalue weighted by atomic mass is 9.93. The van der Waals surface area contributed by atoms with Gasteiger partial charge in [-0.15, -0.1) is 0 Å². The van der Waals surface area contributed by atoms with Crippen molar-refractivity contribution in [2.45, 2.75) is 71.0 Å². The second-order valence-electron chi connectivity index (χ2n) is 9.91. The van der Waals surface area contributed by atoms with E-state index in [1.807, 2.05) is 24.3 Å². The van der Waals surface area contributed by atoms with Crippen LogP contribution < -0.4 is 5.73 Å². The van der Waals surface area contributed by atoms with E-state index in [-0.39, 0.29) is 16.1 Å². The molecule has 0 aliphatic rings. The first kappa shape index (κ1) is 22.6. The Morgan fingerprint density at radius 1 is 0.857 bits per heavy atom. The van der Waals surface area contributed by atoms with Crippen molar-refractivity contribution in [1.82, 2.24) is 0 Å². The van der Waals surface area contributed by atoms with E-state index in [1.54, 1.807) is 0 Å². The first-order chi connectivity index (χ1) is 12.9. The summed E-state index contributed by atoms with van der Waals surface area (Å²) in [5.74, 6) is 0. The van der Waals surface area contributed by atoms with Crippen molar-refractivity contribution in [3.05, 3.63) is 77.0 Å². The summed E-state index contributed by atoms with van der Waals surface area (Å²) in [5.41, 5.74) is 10.2. The average Bonchev–Trinajstić information content (AvgIpc) is 2.61. The summed E-state index contributed by atoms with van der Waals surface area (Å²) < 4.78 is 0. The number of hydrogen-bond donors (Lipinski definition) is 2. The predicted molar refractivity (Wildman–Crippen MR) is 125 cm³/mol. The second-order valence-corrected chi connectivity index (χ2v) is 15.1. The van der Waals surface area contributed by atoms with E-state index in [2.05, 4.69) is 84.9 Å². The third kappa shape index (κ3) is 4.48. The highest BCUT2D eigenvalue weighted by molar-refractivity contribution is 6.85. The molecule has 1 unspecified atom stereocenters. The zero-order valence-corrected chi connectivity index (χ0v) is 19.6. The van der Waals surface area contributed by atoms with Crippen LogP contribution in [0.1, 0.15) is 59.6 Å². The first-order valence-electron chi connectivity index (χ1n) is 10.2. The minimum absolute atomic E-state index is 0.173. The van der Waals surface area contributed by atoms with E-state index in [0.29, 0.717) is 0 Å². The van der Waals surface area contributed by atoms with Gasteiger partial charge in [0.25, 0.3) is 0 Å². The number of hydrogen-bond acceptors (Lipinski definition) is 2.